The molecule has 1 aromatic heterocycles. The summed E-state index contributed by atoms with van der Waals surface area (Å²) in [6.45, 7) is 2.75. The smallest absolute Gasteiger partial charge is 0.220 e. The highest BCUT2D eigenvalue weighted by molar-refractivity contribution is 7.89. The summed E-state index contributed by atoms with van der Waals surface area (Å²) >= 11 is 0. The molecule has 0 saturated carbocycles. The van der Waals surface area contributed by atoms with E-state index in [4.69, 9.17) is 14.2 Å². The summed E-state index contributed by atoms with van der Waals surface area (Å²) in [7, 11) is -0.884. The Labute approximate surface area is 223 Å². The first-order chi connectivity index (χ1) is 18.2. The molecule has 0 unspecified atom stereocenters. The zero-order valence-electron chi connectivity index (χ0n) is 22.0. The second-order valence-electron chi connectivity index (χ2n) is 8.92. The molecule has 3 aromatic rings. The molecule has 0 saturated heterocycles. The molecule has 0 spiro atoms. The van der Waals surface area contributed by atoms with Gasteiger partial charge in [-0.2, -0.15) is 4.31 Å². The number of aliphatic hydroxyl groups excluding tert-OH is 2. The molecule has 0 bridgehead atoms. The predicted molar refractivity (Wildman–Crippen MR) is 142 cm³/mol. The molecule has 0 aliphatic rings. The van der Waals surface area contributed by atoms with Crippen molar-refractivity contribution in [1.29, 1.82) is 0 Å². The van der Waals surface area contributed by atoms with E-state index in [2.05, 4.69) is 9.97 Å². The number of hydrogen-bond donors (Lipinski definition) is 2. The minimum Gasteiger partial charge on any atom is -0.497 e. The molecular formula is C27H35N3O7S. The molecule has 38 heavy (non-hydrogen) atoms. The third kappa shape index (κ3) is 7.71. The number of methoxy groups -OCH3 is 2. The molecule has 0 amide bonds. The van der Waals surface area contributed by atoms with Crippen molar-refractivity contribution in [1.82, 2.24) is 14.3 Å². The summed E-state index contributed by atoms with van der Waals surface area (Å²) in [5.74, 6) is 1.50. The van der Waals surface area contributed by atoms with Gasteiger partial charge < -0.3 is 24.4 Å². The van der Waals surface area contributed by atoms with Gasteiger partial charge in [0, 0.05) is 25.5 Å². The zero-order chi connectivity index (χ0) is 27.7. The summed E-state index contributed by atoms with van der Waals surface area (Å²) in [5.41, 5.74) is 2.35. The molecule has 0 aliphatic heterocycles. The predicted octanol–water partition coefficient (Wildman–Crippen LogP) is 2.63. The number of nitrogens with zero attached hydrogens (tertiary/aromatic N) is 3. The monoisotopic (exact) mass is 545 g/mol. The second kappa shape index (κ2) is 13.6. The van der Waals surface area contributed by atoms with Crippen molar-refractivity contribution in [2.24, 2.45) is 0 Å². The molecular weight excluding hydrogens is 510 g/mol. The highest BCUT2D eigenvalue weighted by Gasteiger charge is 2.38. The van der Waals surface area contributed by atoms with Gasteiger partial charge in [-0.15, -0.1) is 0 Å². The Morgan fingerprint density at radius 1 is 0.895 bits per heavy atom. The largest absolute Gasteiger partial charge is 0.497 e. The van der Waals surface area contributed by atoms with Gasteiger partial charge in [0.15, 0.2) is 5.82 Å². The molecule has 3 atom stereocenters. The van der Waals surface area contributed by atoms with E-state index in [-0.39, 0.29) is 25.5 Å². The topological polar surface area (TPSA) is 131 Å². The van der Waals surface area contributed by atoms with E-state index in [0.29, 0.717) is 11.5 Å². The van der Waals surface area contributed by atoms with Crippen LogP contribution in [0.1, 0.15) is 35.5 Å². The molecule has 3 rings (SSSR count). The molecule has 206 valence electrons. The lowest BCUT2D eigenvalue weighted by molar-refractivity contribution is -0.0329. The van der Waals surface area contributed by atoms with Crippen molar-refractivity contribution in [2.75, 3.05) is 27.4 Å². The van der Waals surface area contributed by atoms with Crippen LogP contribution in [0, 0.1) is 6.92 Å². The highest BCUT2D eigenvalue weighted by atomic mass is 32.2. The van der Waals surface area contributed by atoms with Gasteiger partial charge in [0.1, 0.15) is 29.0 Å². The summed E-state index contributed by atoms with van der Waals surface area (Å²) in [5, 5.41) is 18.0. The van der Waals surface area contributed by atoms with Crippen LogP contribution >= 0.6 is 0 Å². The van der Waals surface area contributed by atoms with Crippen molar-refractivity contribution >= 4 is 10.0 Å². The Balaban J connectivity index is 1.97. The van der Waals surface area contributed by atoms with E-state index < -0.39 is 34.1 Å². The number of ether oxygens (including phenoxy) is 3. The van der Waals surface area contributed by atoms with Gasteiger partial charge >= 0.3 is 0 Å². The van der Waals surface area contributed by atoms with Crippen LogP contribution in [-0.4, -0.2) is 71.7 Å². The first-order valence-corrected chi connectivity index (χ1v) is 13.6. The normalized spacial score (nSPS) is 14.2. The average Bonchev–Trinajstić information content (AvgIpc) is 2.94. The Hall–Kier alpha value is -3.09. The van der Waals surface area contributed by atoms with Gasteiger partial charge in [0.25, 0.3) is 0 Å². The van der Waals surface area contributed by atoms with E-state index in [0.717, 1.165) is 16.7 Å². The molecule has 0 aliphatic carbocycles. The lowest BCUT2D eigenvalue weighted by Crippen LogP contribution is -2.41. The van der Waals surface area contributed by atoms with Crippen molar-refractivity contribution in [3.8, 4) is 11.5 Å². The first kappa shape index (κ1) is 29.5. The molecule has 11 heteroatoms. The number of aromatic nitrogens is 2. The average molecular weight is 546 g/mol. The highest BCUT2D eigenvalue weighted by Crippen LogP contribution is 2.29. The van der Waals surface area contributed by atoms with Crippen LogP contribution in [0.4, 0.5) is 0 Å². The van der Waals surface area contributed by atoms with Crippen molar-refractivity contribution in [3.05, 3.63) is 83.4 Å². The van der Waals surface area contributed by atoms with E-state index in [9.17, 15) is 18.6 Å². The second-order valence-corrected chi connectivity index (χ2v) is 11.2. The fourth-order valence-corrected chi connectivity index (χ4v) is 5.37. The standard InChI is InChI=1S/C27H35N3O7S/c1-19-13-28-27(29-14-19)26(37-18-23(32)17-31)20(2)38(33,34)30(15-21-5-9-24(35-3)10-6-21)16-22-7-11-25(36-4)12-8-22/h5-14,20,23,26,31-32H,15-18H2,1-4H3/t20-,23+,26-/m0/s1. The van der Waals surface area contributed by atoms with Gasteiger partial charge in [-0.1, -0.05) is 24.3 Å². The number of benzene rings is 2. The van der Waals surface area contributed by atoms with E-state index in [1.807, 2.05) is 31.2 Å². The molecule has 2 aromatic carbocycles. The number of aryl methyl sites for hydroxylation is 1. The maximum absolute atomic E-state index is 14.1. The Kier molecular flexibility index (Phi) is 10.6. The van der Waals surface area contributed by atoms with Gasteiger partial charge in [-0.3, -0.25) is 0 Å². The summed E-state index contributed by atoms with van der Waals surface area (Å²) in [4.78, 5) is 8.58. The van der Waals surface area contributed by atoms with Gasteiger partial charge in [0.2, 0.25) is 10.0 Å². The lowest BCUT2D eigenvalue weighted by atomic mass is 10.2. The van der Waals surface area contributed by atoms with Crippen LogP contribution in [0.5, 0.6) is 11.5 Å². The molecule has 1 heterocycles. The zero-order valence-corrected chi connectivity index (χ0v) is 22.8. The fraction of sp³-hybridized carbons (Fsp3) is 0.407. The summed E-state index contributed by atoms with van der Waals surface area (Å²) < 4.78 is 45.9. The fourth-order valence-electron chi connectivity index (χ4n) is 3.73. The van der Waals surface area contributed by atoms with Crippen molar-refractivity contribution in [2.45, 2.75) is 44.4 Å². The molecule has 0 radical (unpaired) electrons. The number of sulfonamides is 1. The quantitative estimate of drug-likeness (QED) is 0.314. The van der Waals surface area contributed by atoms with Gasteiger partial charge in [-0.05, 0) is 54.8 Å². The van der Waals surface area contributed by atoms with Crippen LogP contribution < -0.4 is 9.47 Å². The lowest BCUT2D eigenvalue weighted by Gasteiger charge is -2.30. The number of rotatable bonds is 14. The third-order valence-electron chi connectivity index (χ3n) is 6.03. The Morgan fingerprint density at radius 3 is 1.79 bits per heavy atom. The third-order valence-corrected chi connectivity index (χ3v) is 8.19. The summed E-state index contributed by atoms with van der Waals surface area (Å²) in [6, 6.07) is 14.4. The number of aliphatic hydroxyl groups is 2. The molecule has 2 N–H and O–H groups in total. The molecule has 0 fully saturated rings. The Morgan fingerprint density at radius 2 is 1.37 bits per heavy atom. The number of hydrogen-bond acceptors (Lipinski definition) is 9. The maximum atomic E-state index is 14.1. The van der Waals surface area contributed by atoms with E-state index >= 15 is 0 Å². The summed E-state index contributed by atoms with van der Waals surface area (Å²) in [6.07, 6.45) is 0.892. The minimum atomic E-state index is -4.02. The van der Waals surface area contributed by atoms with Crippen LogP contribution in [0.25, 0.3) is 0 Å². The van der Waals surface area contributed by atoms with E-state index in [1.54, 1.807) is 50.9 Å². The van der Waals surface area contributed by atoms with Gasteiger partial charge in [-0.25, -0.2) is 18.4 Å². The maximum Gasteiger partial charge on any atom is 0.220 e. The minimum absolute atomic E-state index is 0.101. The van der Waals surface area contributed by atoms with Crippen LogP contribution in [-0.2, 0) is 27.8 Å². The Bertz CT molecular complexity index is 1190. The first-order valence-electron chi connectivity index (χ1n) is 12.1. The van der Waals surface area contributed by atoms with Gasteiger partial charge in [0.05, 0.1) is 27.4 Å². The van der Waals surface area contributed by atoms with E-state index in [1.165, 1.54) is 11.2 Å². The van der Waals surface area contributed by atoms with Crippen LogP contribution in [0.2, 0.25) is 0 Å². The van der Waals surface area contributed by atoms with Crippen LogP contribution in [0.15, 0.2) is 60.9 Å². The van der Waals surface area contributed by atoms with Crippen molar-refractivity contribution < 1.29 is 32.8 Å². The van der Waals surface area contributed by atoms with Crippen LogP contribution in [0.3, 0.4) is 0 Å². The SMILES string of the molecule is COc1ccc(CN(Cc2ccc(OC)cc2)S(=O)(=O)[C@@H](C)[C@H](OC[C@H](O)CO)c2ncc(C)cn2)cc1. The molecule has 10 nitrogen and oxygen atoms in total. The van der Waals surface area contributed by atoms with Crippen molar-refractivity contribution in [3.63, 3.8) is 0 Å².